The summed E-state index contributed by atoms with van der Waals surface area (Å²) in [6.07, 6.45) is 0. The van der Waals surface area contributed by atoms with Crippen LogP contribution >= 0.6 is 23.6 Å². The summed E-state index contributed by atoms with van der Waals surface area (Å²) < 4.78 is 4.94. The van der Waals surface area contributed by atoms with E-state index in [-0.39, 0.29) is 10.9 Å². The highest BCUT2D eigenvalue weighted by Gasteiger charge is 2.19. The molecule has 1 aromatic heterocycles. The van der Waals surface area contributed by atoms with Crippen molar-refractivity contribution in [2.45, 2.75) is 0 Å². The molecule has 0 atom stereocenters. The van der Waals surface area contributed by atoms with Crippen LogP contribution in [-0.2, 0) is 4.74 Å². The molecule has 0 saturated carbocycles. The van der Waals surface area contributed by atoms with Crippen molar-refractivity contribution in [3.63, 3.8) is 0 Å². The number of hydrogen-bond acceptors (Lipinski definition) is 5. The molecule has 164 valence electrons. The normalized spacial score (nSPS) is 10.3. The van der Waals surface area contributed by atoms with E-state index in [0.717, 1.165) is 10.4 Å². The molecule has 7 heteroatoms. The molecule has 1 heterocycles. The molecule has 33 heavy (non-hydrogen) atoms. The van der Waals surface area contributed by atoms with Gasteiger partial charge in [-0.3, -0.25) is 4.79 Å². The largest absolute Gasteiger partial charge is 0.465 e. The van der Waals surface area contributed by atoms with Crippen LogP contribution in [0.4, 0.5) is 10.7 Å². The van der Waals surface area contributed by atoms with Gasteiger partial charge in [-0.2, -0.15) is 0 Å². The van der Waals surface area contributed by atoms with E-state index in [1.807, 2.05) is 54.6 Å². The summed E-state index contributed by atoms with van der Waals surface area (Å²) in [5.41, 5.74) is 3.03. The SMILES string of the molecule is COC(=O)c1cc(-c2ccccc2)sc1NC(=S)Nc1ccccc1C(=O)c1ccccc1. The van der Waals surface area contributed by atoms with E-state index in [2.05, 4.69) is 10.6 Å². The van der Waals surface area contributed by atoms with Crippen LogP contribution in [0, 0.1) is 0 Å². The first kappa shape index (κ1) is 22.4. The first-order valence-corrected chi connectivity index (χ1v) is 11.3. The van der Waals surface area contributed by atoms with E-state index in [0.29, 0.717) is 27.4 Å². The summed E-state index contributed by atoms with van der Waals surface area (Å²) >= 11 is 6.91. The minimum absolute atomic E-state index is 0.112. The molecular formula is C26H20N2O3S2. The van der Waals surface area contributed by atoms with E-state index in [9.17, 15) is 9.59 Å². The predicted molar refractivity (Wildman–Crippen MR) is 137 cm³/mol. The van der Waals surface area contributed by atoms with Gasteiger partial charge in [0.25, 0.3) is 0 Å². The van der Waals surface area contributed by atoms with Crippen molar-refractivity contribution in [1.29, 1.82) is 0 Å². The molecule has 0 aliphatic rings. The van der Waals surface area contributed by atoms with Crippen molar-refractivity contribution in [3.8, 4) is 10.4 Å². The molecule has 0 saturated heterocycles. The molecule has 0 spiro atoms. The monoisotopic (exact) mass is 472 g/mol. The van der Waals surface area contributed by atoms with E-state index >= 15 is 0 Å². The van der Waals surface area contributed by atoms with Crippen molar-refractivity contribution >= 4 is 51.1 Å². The van der Waals surface area contributed by atoms with Crippen molar-refractivity contribution in [2.24, 2.45) is 0 Å². The van der Waals surface area contributed by atoms with Crippen LogP contribution in [0.25, 0.3) is 10.4 Å². The van der Waals surface area contributed by atoms with Gasteiger partial charge in [-0.05, 0) is 36.0 Å². The topological polar surface area (TPSA) is 67.4 Å². The molecule has 4 aromatic rings. The number of thiocarbonyl (C=S) groups is 1. The summed E-state index contributed by atoms with van der Waals surface area (Å²) in [4.78, 5) is 26.2. The van der Waals surface area contributed by atoms with Crippen LogP contribution in [-0.4, -0.2) is 24.0 Å². The number of rotatable bonds is 6. The smallest absolute Gasteiger partial charge is 0.340 e. The highest BCUT2D eigenvalue weighted by Crippen LogP contribution is 2.36. The third kappa shape index (κ3) is 5.16. The lowest BCUT2D eigenvalue weighted by molar-refractivity contribution is 0.0602. The number of hydrogen-bond donors (Lipinski definition) is 2. The fourth-order valence-corrected chi connectivity index (χ4v) is 4.61. The van der Waals surface area contributed by atoms with E-state index in [4.69, 9.17) is 17.0 Å². The van der Waals surface area contributed by atoms with Gasteiger partial charge in [0.15, 0.2) is 10.9 Å². The van der Waals surface area contributed by atoms with Gasteiger partial charge in [0, 0.05) is 16.0 Å². The van der Waals surface area contributed by atoms with Crippen LogP contribution in [0.15, 0.2) is 91.0 Å². The Kier molecular flexibility index (Phi) is 6.92. The summed E-state index contributed by atoms with van der Waals surface area (Å²) in [5, 5.41) is 7.01. The Balaban J connectivity index is 1.58. The zero-order valence-corrected chi connectivity index (χ0v) is 19.3. The molecule has 5 nitrogen and oxygen atoms in total. The van der Waals surface area contributed by atoms with Crippen molar-refractivity contribution in [2.75, 3.05) is 17.7 Å². The molecule has 4 rings (SSSR count). The lowest BCUT2D eigenvalue weighted by Gasteiger charge is -2.13. The average molecular weight is 473 g/mol. The van der Waals surface area contributed by atoms with Gasteiger partial charge in [-0.15, -0.1) is 11.3 Å². The van der Waals surface area contributed by atoms with Crippen LogP contribution in [0.3, 0.4) is 0 Å². The van der Waals surface area contributed by atoms with Crippen molar-refractivity contribution in [1.82, 2.24) is 0 Å². The summed E-state index contributed by atoms with van der Waals surface area (Å²) in [6.45, 7) is 0. The van der Waals surface area contributed by atoms with E-state index in [1.165, 1.54) is 18.4 Å². The third-order valence-electron chi connectivity index (χ3n) is 4.88. The maximum Gasteiger partial charge on any atom is 0.340 e. The van der Waals surface area contributed by atoms with Crippen LogP contribution in [0.1, 0.15) is 26.3 Å². The van der Waals surface area contributed by atoms with Crippen LogP contribution in [0.5, 0.6) is 0 Å². The molecule has 0 amide bonds. The Morgan fingerprint density at radius 3 is 2.15 bits per heavy atom. The van der Waals surface area contributed by atoms with Gasteiger partial charge in [0.1, 0.15) is 5.00 Å². The number of thiophene rings is 1. The number of benzene rings is 3. The van der Waals surface area contributed by atoms with Crippen LogP contribution < -0.4 is 10.6 Å². The quantitative estimate of drug-likeness (QED) is 0.197. The maximum atomic E-state index is 13.0. The number of carbonyl (C=O) groups excluding carboxylic acids is 2. The molecule has 2 N–H and O–H groups in total. The number of nitrogens with one attached hydrogen (secondary N) is 2. The van der Waals surface area contributed by atoms with Gasteiger partial charge < -0.3 is 15.4 Å². The fourth-order valence-electron chi connectivity index (χ4n) is 3.28. The molecule has 0 radical (unpaired) electrons. The number of ketones is 1. The van der Waals surface area contributed by atoms with Crippen molar-refractivity contribution in [3.05, 3.63) is 108 Å². The molecule has 0 aliphatic carbocycles. The Morgan fingerprint density at radius 2 is 1.45 bits per heavy atom. The average Bonchev–Trinajstić information content (AvgIpc) is 3.28. The number of ether oxygens (including phenoxy) is 1. The lowest BCUT2D eigenvalue weighted by Crippen LogP contribution is -2.21. The van der Waals surface area contributed by atoms with Gasteiger partial charge in [0.05, 0.1) is 18.4 Å². The van der Waals surface area contributed by atoms with Gasteiger partial charge in [-0.25, -0.2) is 4.79 Å². The molecule has 0 fully saturated rings. The highest BCUT2D eigenvalue weighted by molar-refractivity contribution is 7.80. The second kappa shape index (κ2) is 10.2. The van der Waals surface area contributed by atoms with E-state index < -0.39 is 5.97 Å². The Morgan fingerprint density at radius 1 is 0.818 bits per heavy atom. The Hall–Kier alpha value is -3.81. The minimum Gasteiger partial charge on any atom is -0.465 e. The first-order valence-electron chi connectivity index (χ1n) is 10.1. The third-order valence-corrected chi connectivity index (χ3v) is 6.18. The lowest BCUT2D eigenvalue weighted by atomic mass is 10.0. The molecular weight excluding hydrogens is 452 g/mol. The number of carbonyl (C=O) groups is 2. The second-order valence-corrected chi connectivity index (χ2v) is 8.49. The minimum atomic E-state index is -0.460. The van der Waals surface area contributed by atoms with Gasteiger partial charge in [0.2, 0.25) is 0 Å². The summed E-state index contributed by atoms with van der Waals surface area (Å²) in [7, 11) is 1.34. The van der Waals surface area contributed by atoms with Gasteiger partial charge in [-0.1, -0.05) is 72.8 Å². The number of esters is 1. The first-order chi connectivity index (χ1) is 16.1. The second-order valence-electron chi connectivity index (χ2n) is 7.03. The zero-order valence-electron chi connectivity index (χ0n) is 17.7. The molecule has 0 bridgehead atoms. The summed E-state index contributed by atoms with van der Waals surface area (Å²) in [6, 6.07) is 27.8. The molecule has 0 unspecified atom stereocenters. The predicted octanol–water partition coefficient (Wildman–Crippen LogP) is 6.24. The standard InChI is InChI=1S/C26H20N2O3S2/c1-31-25(30)20-16-22(17-10-4-2-5-11-17)33-24(20)28-26(32)27-21-15-9-8-14-19(21)23(29)18-12-6-3-7-13-18/h2-16H,1H3,(H2,27,28,32). The Labute approximate surface area is 201 Å². The van der Waals surface area contributed by atoms with Crippen molar-refractivity contribution < 1.29 is 14.3 Å². The fraction of sp³-hybridized carbons (Fsp3) is 0.0385. The number of para-hydroxylation sites is 1. The van der Waals surface area contributed by atoms with E-state index in [1.54, 1.807) is 36.4 Å². The molecule has 3 aromatic carbocycles. The zero-order chi connectivity index (χ0) is 23.2. The Bertz CT molecular complexity index is 1300. The molecule has 0 aliphatic heterocycles. The highest BCUT2D eigenvalue weighted by atomic mass is 32.1. The maximum absolute atomic E-state index is 13.0. The van der Waals surface area contributed by atoms with Crippen LogP contribution in [0.2, 0.25) is 0 Å². The number of methoxy groups -OCH3 is 1. The van der Waals surface area contributed by atoms with Gasteiger partial charge >= 0.3 is 5.97 Å². The summed E-state index contributed by atoms with van der Waals surface area (Å²) in [5.74, 6) is -0.572. The number of anilines is 2.